The van der Waals surface area contributed by atoms with Crippen molar-refractivity contribution in [1.29, 1.82) is 0 Å². The van der Waals surface area contributed by atoms with Crippen LogP contribution in [0.1, 0.15) is 16.9 Å². The van der Waals surface area contributed by atoms with Crippen LogP contribution in [0.25, 0.3) is 0 Å². The van der Waals surface area contributed by atoms with Gasteiger partial charge in [0.25, 0.3) is 0 Å². The first-order valence-electron chi connectivity index (χ1n) is 5.46. The highest BCUT2D eigenvalue weighted by atomic mass is 16.6. The molecule has 1 aromatic heterocycles. The monoisotopic (exact) mass is 231 g/mol. The van der Waals surface area contributed by atoms with Gasteiger partial charge < -0.3 is 4.42 Å². The highest BCUT2D eigenvalue weighted by Gasteiger charge is 2.01. The summed E-state index contributed by atoms with van der Waals surface area (Å²) in [6.45, 7) is -0.0163. The Morgan fingerprint density at radius 3 is 2.41 bits per heavy atom. The van der Waals surface area contributed by atoms with Gasteiger partial charge in [-0.1, -0.05) is 24.3 Å². The molecule has 0 aliphatic carbocycles. The Bertz CT molecular complexity index is 474. The van der Waals surface area contributed by atoms with E-state index in [1.54, 1.807) is 6.26 Å². The first-order valence-corrected chi connectivity index (χ1v) is 5.46. The van der Waals surface area contributed by atoms with Crippen LogP contribution < -0.4 is 0 Å². The van der Waals surface area contributed by atoms with Gasteiger partial charge in [0.15, 0.2) is 0 Å². The van der Waals surface area contributed by atoms with E-state index in [4.69, 9.17) is 4.42 Å². The number of nitro groups is 1. The van der Waals surface area contributed by atoms with E-state index in [1.165, 1.54) is 0 Å². The van der Waals surface area contributed by atoms with Gasteiger partial charge in [-0.25, -0.2) is 0 Å². The lowest BCUT2D eigenvalue weighted by atomic mass is 10.1. The third kappa shape index (κ3) is 3.45. The maximum atomic E-state index is 10.2. The summed E-state index contributed by atoms with van der Waals surface area (Å²) in [5.41, 5.74) is 2.13. The molecule has 88 valence electrons. The minimum atomic E-state index is -0.295. The number of hydrogen-bond donors (Lipinski definition) is 0. The summed E-state index contributed by atoms with van der Waals surface area (Å²) < 4.78 is 5.26. The van der Waals surface area contributed by atoms with Crippen molar-refractivity contribution in [2.24, 2.45) is 0 Å². The molecule has 4 nitrogen and oxygen atoms in total. The smallest absolute Gasteiger partial charge is 0.207 e. The lowest BCUT2D eigenvalue weighted by Crippen LogP contribution is -2.03. The Morgan fingerprint density at radius 1 is 1.12 bits per heavy atom. The van der Waals surface area contributed by atoms with E-state index in [0.717, 1.165) is 23.3 Å². The Morgan fingerprint density at radius 2 is 1.82 bits per heavy atom. The van der Waals surface area contributed by atoms with Crippen LogP contribution in [0.15, 0.2) is 47.1 Å². The van der Waals surface area contributed by atoms with Gasteiger partial charge in [-0.3, -0.25) is 10.1 Å². The van der Waals surface area contributed by atoms with Crippen molar-refractivity contribution in [3.05, 3.63) is 69.7 Å². The number of nitrogens with zero attached hydrogens (tertiary/aromatic N) is 1. The van der Waals surface area contributed by atoms with Crippen molar-refractivity contribution in [2.45, 2.75) is 12.8 Å². The highest BCUT2D eigenvalue weighted by molar-refractivity contribution is 5.25. The molecule has 0 saturated heterocycles. The molecule has 0 aliphatic rings. The lowest BCUT2D eigenvalue weighted by Gasteiger charge is -2.01. The Kier molecular flexibility index (Phi) is 3.55. The maximum Gasteiger partial charge on any atom is 0.207 e. The van der Waals surface area contributed by atoms with Crippen LogP contribution in [0, 0.1) is 10.1 Å². The molecule has 4 heteroatoms. The number of hydrogen-bond acceptors (Lipinski definition) is 3. The summed E-state index contributed by atoms with van der Waals surface area (Å²) >= 11 is 0. The molecule has 0 radical (unpaired) electrons. The summed E-state index contributed by atoms with van der Waals surface area (Å²) in [5, 5.41) is 10.2. The molecular weight excluding hydrogens is 218 g/mol. The number of furan rings is 1. The van der Waals surface area contributed by atoms with E-state index >= 15 is 0 Å². The normalized spacial score (nSPS) is 10.4. The minimum absolute atomic E-state index is 0.0163. The third-order valence-electron chi connectivity index (χ3n) is 2.56. The molecule has 0 N–H and O–H groups in total. The summed E-state index contributed by atoms with van der Waals surface area (Å²) in [4.78, 5) is 9.95. The zero-order chi connectivity index (χ0) is 12.1. The van der Waals surface area contributed by atoms with Gasteiger partial charge in [0, 0.05) is 17.8 Å². The van der Waals surface area contributed by atoms with Crippen LogP contribution in [-0.4, -0.2) is 11.5 Å². The van der Waals surface area contributed by atoms with E-state index in [2.05, 4.69) is 0 Å². The van der Waals surface area contributed by atoms with Crippen molar-refractivity contribution in [1.82, 2.24) is 0 Å². The minimum Gasteiger partial charge on any atom is -0.469 e. The summed E-state index contributed by atoms with van der Waals surface area (Å²) in [5.74, 6) is 0.919. The van der Waals surface area contributed by atoms with Crippen LogP contribution in [-0.2, 0) is 12.8 Å². The van der Waals surface area contributed by atoms with Gasteiger partial charge in [0.05, 0.1) is 6.26 Å². The van der Waals surface area contributed by atoms with Crippen LogP contribution in [0.5, 0.6) is 0 Å². The molecule has 0 aliphatic heterocycles. The lowest BCUT2D eigenvalue weighted by molar-refractivity contribution is -0.479. The highest BCUT2D eigenvalue weighted by Crippen LogP contribution is 2.11. The molecule has 1 heterocycles. The molecule has 0 bridgehead atoms. The van der Waals surface area contributed by atoms with Crippen LogP contribution in [0.3, 0.4) is 0 Å². The maximum absolute atomic E-state index is 10.2. The first kappa shape index (κ1) is 11.4. The Balaban J connectivity index is 1.95. The fourth-order valence-electron chi connectivity index (χ4n) is 1.66. The van der Waals surface area contributed by atoms with Crippen molar-refractivity contribution in [2.75, 3.05) is 6.54 Å². The van der Waals surface area contributed by atoms with Gasteiger partial charge in [-0.2, -0.15) is 0 Å². The molecule has 2 rings (SSSR count). The van der Waals surface area contributed by atoms with E-state index in [9.17, 15) is 10.1 Å². The van der Waals surface area contributed by atoms with E-state index in [0.29, 0.717) is 6.42 Å². The van der Waals surface area contributed by atoms with Gasteiger partial charge in [0.1, 0.15) is 5.76 Å². The Hall–Kier alpha value is -2.10. The van der Waals surface area contributed by atoms with Crippen molar-refractivity contribution in [3.8, 4) is 0 Å². The topological polar surface area (TPSA) is 56.3 Å². The predicted octanol–water partition coefficient (Wildman–Crippen LogP) is 2.69. The molecule has 0 amide bonds. The summed E-state index contributed by atoms with van der Waals surface area (Å²) in [7, 11) is 0. The zero-order valence-corrected chi connectivity index (χ0v) is 9.33. The molecule has 17 heavy (non-hydrogen) atoms. The molecular formula is C13H13NO3. The molecule has 0 unspecified atom stereocenters. The predicted molar refractivity (Wildman–Crippen MR) is 63.5 cm³/mol. The van der Waals surface area contributed by atoms with Crippen molar-refractivity contribution >= 4 is 0 Å². The summed E-state index contributed by atoms with van der Waals surface area (Å²) in [6, 6.07) is 11.6. The second-order valence-corrected chi connectivity index (χ2v) is 3.88. The quantitative estimate of drug-likeness (QED) is 0.587. The van der Waals surface area contributed by atoms with Crippen LogP contribution >= 0.6 is 0 Å². The van der Waals surface area contributed by atoms with Gasteiger partial charge >= 0.3 is 0 Å². The largest absolute Gasteiger partial charge is 0.469 e. The molecule has 0 spiro atoms. The number of rotatable bonds is 5. The van der Waals surface area contributed by atoms with Gasteiger partial charge in [0.2, 0.25) is 6.54 Å². The molecule has 0 fully saturated rings. The SMILES string of the molecule is O=[N+]([O-])CCc1ccc(Cc2ccco2)cc1. The third-order valence-corrected chi connectivity index (χ3v) is 2.56. The Labute approximate surface area is 99.0 Å². The van der Waals surface area contributed by atoms with Crippen LogP contribution in [0.2, 0.25) is 0 Å². The van der Waals surface area contributed by atoms with Crippen molar-refractivity contribution in [3.63, 3.8) is 0 Å². The molecule has 0 atom stereocenters. The van der Waals surface area contributed by atoms with Crippen molar-refractivity contribution < 1.29 is 9.34 Å². The zero-order valence-electron chi connectivity index (χ0n) is 9.33. The van der Waals surface area contributed by atoms with E-state index < -0.39 is 0 Å². The molecule has 1 aromatic carbocycles. The average molecular weight is 231 g/mol. The second-order valence-electron chi connectivity index (χ2n) is 3.88. The molecule has 0 saturated carbocycles. The fraction of sp³-hybridized carbons (Fsp3) is 0.231. The standard InChI is InChI=1S/C13H13NO3/c15-14(16)8-7-11-3-5-12(6-4-11)10-13-2-1-9-17-13/h1-6,9H,7-8,10H2. The van der Waals surface area contributed by atoms with Gasteiger partial charge in [-0.15, -0.1) is 0 Å². The van der Waals surface area contributed by atoms with Crippen LogP contribution in [0.4, 0.5) is 0 Å². The first-order chi connectivity index (χ1) is 8.24. The second kappa shape index (κ2) is 5.30. The van der Waals surface area contributed by atoms with E-state index in [1.807, 2.05) is 36.4 Å². The molecule has 2 aromatic rings. The average Bonchev–Trinajstić information content (AvgIpc) is 2.81. The summed E-state index contributed by atoms with van der Waals surface area (Å²) in [6.07, 6.45) is 2.89. The van der Waals surface area contributed by atoms with E-state index in [-0.39, 0.29) is 11.5 Å². The number of benzene rings is 1. The van der Waals surface area contributed by atoms with Gasteiger partial charge in [-0.05, 0) is 23.3 Å². The fourth-order valence-corrected chi connectivity index (χ4v) is 1.66.